The number of hydrogen-bond acceptors (Lipinski definition) is 3. The molecule has 1 fully saturated rings. The minimum atomic E-state index is 0.0375. The van der Waals surface area contributed by atoms with E-state index in [4.69, 9.17) is 4.79 Å². The lowest BCUT2D eigenvalue weighted by molar-refractivity contribution is -0.121. The number of hydrogen-bond donors (Lipinski definition) is 1. The SMILES string of the molecule is C=C/C=C(\N=C)NC(=O)C1CC1.C=O. The van der Waals surface area contributed by atoms with Gasteiger partial charge in [-0.2, -0.15) is 0 Å². The van der Waals surface area contributed by atoms with Crippen LogP contribution in [0, 0.1) is 5.92 Å². The lowest BCUT2D eigenvalue weighted by Crippen LogP contribution is -2.23. The molecule has 0 atom stereocenters. The third-order valence-electron chi connectivity index (χ3n) is 1.65. The highest BCUT2D eigenvalue weighted by molar-refractivity contribution is 5.82. The van der Waals surface area contributed by atoms with E-state index < -0.39 is 0 Å². The summed E-state index contributed by atoms with van der Waals surface area (Å²) in [5, 5.41) is 2.65. The van der Waals surface area contributed by atoms with Crippen LogP contribution in [0.5, 0.6) is 0 Å². The number of carbonyl (C=O) groups is 2. The molecule has 0 unspecified atom stereocenters. The third kappa shape index (κ3) is 4.35. The quantitative estimate of drug-likeness (QED) is 0.537. The van der Waals surface area contributed by atoms with Crippen molar-refractivity contribution in [2.45, 2.75) is 12.8 Å². The minimum Gasteiger partial charge on any atom is -0.310 e. The Balaban J connectivity index is 0.000000791. The standard InChI is InChI=1S/C9H12N2O.CH2O/c1-3-4-8(10-2)11-9(12)7-5-6-7;1-2/h3-4,7H,1-2,5-6H2,(H,11,12);1H2/b8-4+;. The lowest BCUT2D eigenvalue weighted by atomic mass is 10.4. The molecule has 1 N–H and O–H groups in total. The van der Waals surface area contributed by atoms with Crippen molar-refractivity contribution in [3.05, 3.63) is 24.6 Å². The van der Waals surface area contributed by atoms with Crippen LogP contribution in [0.25, 0.3) is 0 Å². The molecule has 76 valence electrons. The highest BCUT2D eigenvalue weighted by Crippen LogP contribution is 2.28. The molecule has 0 saturated heterocycles. The number of aliphatic imine (C=N–C) groups is 1. The van der Waals surface area contributed by atoms with Crippen LogP contribution in [0.3, 0.4) is 0 Å². The van der Waals surface area contributed by atoms with Crippen molar-refractivity contribution >= 4 is 19.4 Å². The van der Waals surface area contributed by atoms with Crippen LogP contribution in [-0.4, -0.2) is 19.4 Å². The van der Waals surface area contributed by atoms with Crippen LogP contribution in [0.2, 0.25) is 0 Å². The zero-order valence-electron chi connectivity index (χ0n) is 8.03. The first-order valence-corrected chi connectivity index (χ1v) is 4.17. The summed E-state index contributed by atoms with van der Waals surface area (Å²) in [7, 11) is 0. The van der Waals surface area contributed by atoms with Gasteiger partial charge >= 0.3 is 0 Å². The highest BCUT2D eigenvalue weighted by atomic mass is 16.2. The minimum absolute atomic E-state index is 0.0375. The Kier molecular flexibility index (Phi) is 5.94. The predicted molar refractivity (Wildman–Crippen MR) is 55.8 cm³/mol. The summed E-state index contributed by atoms with van der Waals surface area (Å²) in [4.78, 5) is 22.8. The van der Waals surface area contributed by atoms with Crippen molar-refractivity contribution in [3.8, 4) is 0 Å². The Bertz CT molecular complexity index is 255. The smallest absolute Gasteiger partial charge is 0.228 e. The van der Waals surface area contributed by atoms with E-state index in [0.717, 1.165) is 12.8 Å². The average Bonchev–Trinajstić information content (AvgIpc) is 3.03. The molecule has 0 aromatic carbocycles. The van der Waals surface area contributed by atoms with Crippen LogP contribution in [-0.2, 0) is 9.59 Å². The first-order chi connectivity index (χ1) is 6.77. The highest BCUT2D eigenvalue weighted by Gasteiger charge is 2.29. The zero-order valence-corrected chi connectivity index (χ0v) is 8.03. The van der Waals surface area contributed by atoms with Crippen molar-refractivity contribution in [2.24, 2.45) is 10.9 Å². The lowest BCUT2D eigenvalue weighted by Gasteiger charge is -2.01. The Morgan fingerprint density at radius 1 is 1.43 bits per heavy atom. The van der Waals surface area contributed by atoms with Crippen LogP contribution < -0.4 is 5.32 Å². The number of allylic oxidation sites excluding steroid dienone is 2. The van der Waals surface area contributed by atoms with Gasteiger partial charge < -0.3 is 10.1 Å². The molecule has 0 radical (unpaired) electrons. The molecule has 1 aliphatic rings. The summed E-state index contributed by atoms with van der Waals surface area (Å²) in [5.41, 5.74) is 0. The number of nitrogens with zero attached hydrogens (tertiary/aromatic N) is 1. The molecule has 1 amide bonds. The van der Waals surface area contributed by atoms with E-state index >= 15 is 0 Å². The fraction of sp³-hybridized carbons (Fsp3) is 0.300. The van der Waals surface area contributed by atoms with Gasteiger partial charge in [-0.25, -0.2) is 4.99 Å². The Hall–Kier alpha value is -1.71. The summed E-state index contributed by atoms with van der Waals surface area (Å²) in [5.74, 6) is 0.706. The molecule has 4 heteroatoms. The number of rotatable bonds is 4. The number of nitrogens with one attached hydrogen (secondary N) is 1. The van der Waals surface area contributed by atoms with E-state index in [0.29, 0.717) is 5.82 Å². The molecule has 0 aliphatic heterocycles. The molecule has 1 rings (SSSR count). The molecule has 0 aromatic rings. The van der Waals surface area contributed by atoms with Gasteiger partial charge in [0.1, 0.15) is 12.6 Å². The normalized spacial score (nSPS) is 14.7. The zero-order chi connectivity index (χ0) is 11.0. The molecular weight excluding hydrogens is 180 g/mol. The summed E-state index contributed by atoms with van der Waals surface area (Å²) in [6.07, 6.45) is 5.17. The summed E-state index contributed by atoms with van der Waals surface area (Å²) >= 11 is 0. The molecule has 0 bridgehead atoms. The fourth-order valence-electron chi connectivity index (χ4n) is 0.819. The van der Waals surface area contributed by atoms with Crippen molar-refractivity contribution in [2.75, 3.05) is 0 Å². The molecule has 0 aromatic heterocycles. The van der Waals surface area contributed by atoms with E-state index in [2.05, 4.69) is 23.6 Å². The number of amides is 1. The van der Waals surface area contributed by atoms with Crippen molar-refractivity contribution < 1.29 is 9.59 Å². The van der Waals surface area contributed by atoms with E-state index in [9.17, 15) is 4.79 Å². The molecule has 0 heterocycles. The molecule has 1 aliphatic carbocycles. The van der Waals surface area contributed by atoms with Crippen molar-refractivity contribution in [1.29, 1.82) is 0 Å². The van der Waals surface area contributed by atoms with Crippen LogP contribution in [0.15, 0.2) is 29.5 Å². The van der Waals surface area contributed by atoms with Gasteiger partial charge in [0.25, 0.3) is 0 Å². The van der Waals surface area contributed by atoms with E-state index in [1.807, 2.05) is 6.79 Å². The summed E-state index contributed by atoms with van der Waals surface area (Å²) in [6, 6.07) is 0. The predicted octanol–water partition coefficient (Wildman–Crippen LogP) is 1.06. The first-order valence-electron chi connectivity index (χ1n) is 4.17. The van der Waals surface area contributed by atoms with Gasteiger partial charge in [-0.05, 0) is 25.6 Å². The molecule has 1 saturated carbocycles. The van der Waals surface area contributed by atoms with Crippen molar-refractivity contribution in [3.63, 3.8) is 0 Å². The van der Waals surface area contributed by atoms with Gasteiger partial charge in [0.2, 0.25) is 5.91 Å². The van der Waals surface area contributed by atoms with Gasteiger partial charge in [-0.3, -0.25) is 4.79 Å². The summed E-state index contributed by atoms with van der Waals surface area (Å²) in [6.45, 7) is 8.83. The molecule has 4 nitrogen and oxygen atoms in total. The van der Waals surface area contributed by atoms with Gasteiger partial charge in [0.05, 0.1) is 0 Å². The van der Waals surface area contributed by atoms with Crippen LogP contribution in [0.1, 0.15) is 12.8 Å². The number of carbonyl (C=O) groups excluding carboxylic acids is 2. The van der Waals surface area contributed by atoms with E-state index in [1.54, 1.807) is 12.2 Å². The van der Waals surface area contributed by atoms with E-state index in [1.165, 1.54) is 0 Å². The second-order valence-corrected chi connectivity index (χ2v) is 2.71. The monoisotopic (exact) mass is 194 g/mol. The summed E-state index contributed by atoms with van der Waals surface area (Å²) < 4.78 is 0. The van der Waals surface area contributed by atoms with Gasteiger partial charge in [0, 0.05) is 5.92 Å². The van der Waals surface area contributed by atoms with Gasteiger partial charge in [0.15, 0.2) is 0 Å². The van der Waals surface area contributed by atoms with Crippen LogP contribution >= 0.6 is 0 Å². The molecular formula is C10H14N2O2. The van der Waals surface area contributed by atoms with Crippen molar-refractivity contribution in [1.82, 2.24) is 5.32 Å². The Morgan fingerprint density at radius 3 is 2.36 bits per heavy atom. The molecule has 14 heavy (non-hydrogen) atoms. The van der Waals surface area contributed by atoms with Gasteiger partial charge in [-0.15, -0.1) is 0 Å². The Morgan fingerprint density at radius 2 is 2.00 bits per heavy atom. The maximum atomic E-state index is 11.2. The van der Waals surface area contributed by atoms with E-state index in [-0.39, 0.29) is 11.8 Å². The topological polar surface area (TPSA) is 58.5 Å². The fourth-order valence-corrected chi connectivity index (χ4v) is 0.819. The average molecular weight is 194 g/mol. The maximum Gasteiger partial charge on any atom is 0.228 e. The van der Waals surface area contributed by atoms with Gasteiger partial charge in [-0.1, -0.05) is 12.7 Å². The maximum absolute atomic E-state index is 11.2. The Labute approximate surface area is 83.4 Å². The third-order valence-corrected chi connectivity index (χ3v) is 1.65. The first kappa shape index (κ1) is 12.3. The van der Waals surface area contributed by atoms with Crippen LogP contribution in [0.4, 0.5) is 0 Å². The molecule has 0 spiro atoms. The largest absolute Gasteiger partial charge is 0.310 e. The second-order valence-electron chi connectivity index (χ2n) is 2.71. The second kappa shape index (κ2) is 6.77.